The van der Waals surface area contributed by atoms with Crippen LogP contribution < -0.4 is 20.8 Å². The Morgan fingerprint density at radius 3 is 2.59 bits per heavy atom. The van der Waals surface area contributed by atoms with E-state index in [1.807, 2.05) is 0 Å². The van der Waals surface area contributed by atoms with Crippen LogP contribution in [-0.2, 0) is 21.3 Å². The summed E-state index contributed by atoms with van der Waals surface area (Å²) in [6.45, 7) is 1.80. The third-order valence-electron chi connectivity index (χ3n) is 6.43. The van der Waals surface area contributed by atoms with Crippen molar-refractivity contribution in [1.29, 1.82) is 0 Å². The number of benzene rings is 2. The van der Waals surface area contributed by atoms with Crippen molar-refractivity contribution in [2.45, 2.75) is 24.3 Å². The zero-order valence-corrected chi connectivity index (χ0v) is 21.1. The Kier molecular flexibility index (Phi) is 6.81. The largest absolute Gasteiger partial charge is 0.480 e. The van der Waals surface area contributed by atoms with Crippen LogP contribution in [0.5, 0.6) is 5.88 Å². The summed E-state index contributed by atoms with van der Waals surface area (Å²) < 4.78 is 41.1. The number of nitrogens with zero attached hydrogens (tertiary/aromatic N) is 3. The summed E-state index contributed by atoms with van der Waals surface area (Å²) in [7, 11) is -2.65. The first-order valence-electron chi connectivity index (χ1n) is 11.9. The Balaban J connectivity index is 1.54. The molecule has 1 aliphatic rings. The number of aromatic nitrogens is 3. The van der Waals surface area contributed by atoms with Gasteiger partial charge in [0.15, 0.2) is 0 Å². The molecule has 0 amide bonds. The molecule has 1 saturated heterocycles. The SMILES string of the molecule is COc1ncc(-c2ccc3nc(N)n(CC4CCOCC4)c(=O)c3c2)cc1S(=O)(=O)Nc1ccccc1. The number of ether oxygens (including phenoxy) is 2. The van der Waals surface area contributed by atoms with Crippen molar-refractivity contribution in [2.24, 2.45) is 5.92 Å². The summed E-state index contributed by atoms with van der Waals surface area (Å²) in [6.07, 6.45) is 3.22. The average molecular weight is 522 g/mol. The number of methoxy groups -OCH3 is 1. The van der Waals surface area contributed by atoms with Gasteiger partial charge in [-0.05, 0) is 54.7 Å². The number of hydrogen-bond acceptors (Lipinski definition) is 8. The topological polar surface area (TPSA) is 138 Å². The molecular formula is C26H27N5O5S. The fourth-order valence-corrected chi connectivity index (χ4v) is 5.64. The molecule has 0 atom stereocenters. The molecule has 192 valence electrons. The first-order valence-corrected chi connectivity index (χ1v) is 13.3. The van der Waals surface area contributed by atoms with E-state index in [1.165, 1.54) is 23.9 Å². The molecule has 4 aromatic rings. The molecule has 0 saturated carbocycles. The third kappa shape index (κ3) is 5.13. The zero-order chi connectivity index (χ0) is 26.0. The van der Waals surface area contributed by atoms with Crippen molar-refractivity contribution in [3.05, 3.63) is 71.1 Å². The Hall–Kier alpha value is -3.96. The van der Waals surface area contributed by atoms with Gasteiger partial charge in [-0.3, -0.25) is 14.1 Å². The van der Waals surface area contributed by atoms with Crippen LogP contribution in [0.4, 0.5) is 11.6 Å². The molecule has 5 rings (SSSR count). The predicted octanol–water partition coefficient (Wildman–Crippen LogP) is 3.28. The Morgan fingerprint density at radius 2 is 1.86 bits per heavy atom. The lowest BCUT2D eigenvalue weighted by Gasteiger charge is -2.23. The van der Waals surface area contributed by atoms with Gasteiger partial charge in [0.2, 0.25) is 11.8 Å². The van der Waals surface area contributed by atoms with Gasteiger partial charge in [-0.15, -0.1) is 0 Å². The molecule has 0 unspecified atom stereocenters. The molecular weight excluding hydrogens is 494 g/mol. The molecule has 1 fully saturated rings. The zero-order valence-electron chi connectivity index (χ0n) is 20.3. The Morgan fingerprint density at radius 1 is 1.11 bits per heavy atom. The van der Waals surface area contributed by atoms with Crippen molar-refractivity contribution >= 4 is 32.6 Å². The second kappa shape index (κ2) is 10.2. The van der Waals surface area contributed by atoms with Gasteiger partial charge in [0.25, 0.3) is 15.6 Å². The number of nitrogen functional groups attached to an aromatic ring is 1. The molecule has 11 heteroatoms. The molecule has 0 radical (unpaired) electrons. The number of nitrogens with two attached hydrogens (primary N) is 1. The van der Waals surface area contributed by atoms with Crippen LogP contribution in [0.3, 0.4) is 0 Å². The van der Waals surface area contributed by atoms with Gasteiger partial charge >= 0.3 is 0 Å². The number of fused-ring (bicyclic) bond motifs is 1. The summed E-state index contributed by atoms with van der Waals surface area (Å²) in [5.74, 6) is 0.413. The van der Waals surface area contributed by atoms with Crippen molar-refractivity contribution in [2.75, 3.05) is 30.8 Å². The van der Waals surface area contributed by atoms with Crippen molar-refractivity contribution in [1.82, 2.24) is 14.5 Å². The van der Waals surface area contributed by atoms with E-state index in [1.54, 1.807) is 48.5 Å². The Bertz CT molecular complexity index is 1600. The fraction of sp³-hybridized carbons (Fsp3) is 0.269. The van der Waals surface area contributed by atoms with Crippen LogP contribution >= 0.6 is 0 Å². The maximum Gasteiger partial charge on any atom is 0.267 e. The normalized spacial score (nSPS) is 14.5. The second-order valence-corrected chi connectivity index (χ2v) is 10.5. The number of anilines is 2. The number of rotatable bonds is 7. The molecule has 0 bridgehead atoms. The van der Waals surface area contributed by atoms with Gasteiger partial charge in [-0.1, -0.05) is 24.3 Å². The predicted molar refractivity (Wildman–Crippen MR) is 141 cm³/mol. The van der Waals surface area contributed by atoms with E-state index in [4.69, 9.17) is 15.2 Å². The van der Waals surface area contributed by atoms with E-state index in [2.05, 4.69) is 14.7 Å². The van der Waals surface area contributed by atoms with E-state index < -0.39 is 10.0 Å². The summed E-state index contributed by atoms with van der Waals surface area (Å²) in [5.41, 5.74) is 7.89. The van der Waals surface area contributed by atoms with E-state index in [0.29, 0.717) is 47.5 Å². The van der Waals surface area contributed by atoms with E-state index in [0.717, 1.165) is 12.8 Å². The molecule has 0 spiro atoms. The lowest BCUT2D eigenvalue weighted by molar-refractivity contribution is 0.0611. The van der Waals surface area contributed by atoms with Crippen LogP contribution in [0.15, 0.2) is 70.5 Å². The number of para-hydroxylation sites is 1. The maximum absolute atomic E-state index is 13.4. The molecule has 2 aromatic carbocycles. The standard InChI is InChI=1S/C26H27N5O5S/c1-35-24-23(37(33,34)30-20-5-3-2-4-6-20)14-19(15-28-24)18-7-8-22-21(13-18)25(32)31(26(27)29-22)16-17-9-11-36-12-10-17/h2-8,13-15,17,30H,9-12,16H2,1H3,(H2,27,29). The third-order valence-corrected chi connectivity index (χ3v) is 7.80. The van der Waals surface area contributed by atoms with Crippen LogP contribution in [-0.4, -0.2) is 43.3 Å². The smallest absolute Gasteiger partial charge is 0.267 e. The minimum absolute atomic E-state index is 0.0405. The Labute approximate surface area is 214 Å². The van der Waals surface area contributed by atoms with Crippen LogP contribution in [0.2, 0.25) is 0 Å². The molecule has 0 aliphatic carbocycles. The van der Waals surface area contributed by atoms with E-state index >= 15 is 0 Å². The van der Waals surface area contributed by atoms with Crippen molar-refractivity contribution in [3.8, 4) is 17.0 Å². The number of nitrogens with one attached hydrogen (secondary N) is 1. The minimum atomic E-state index is -4.01. The van der Waals surface area contributed by atoms with Crippen molar-refractivity contribution in [3.63, 3.8) is 0 Å². The molecule has 37 heavy (non-hydrogen) atoms. The van der Waals surface area contributed by atoms with Gasteiger partial charge in [-0.25, -0.2) is 18.4 Å². The van der Waals surface area contributed by atoms with Gasteiger partial charge in [0.1, 0.15) is 4.90 Å². The number of sulfonamides is 1. The van der Waals surface area contributed by atoms with Crippen LogP contribution in [0, 0.1) is 5.92 Å². The number of hydrogen-bond donors (Lipinski definition) is 2. The monoisotopic (exact) mass is 521 g/mol. The highest BCUT2D eigenvalue weighted by atomic mass is 32.2. The highest BCUT2D eigenvalue weighted by Gasteiger charge is 2.23. The second-order valence-electron chi connectivity index (χ2n) is 8.88. The molecule has 3 heterocycles. The molecule has 3 N–H and O–H groups in total. The summed E-state index contributed by atoms with van der Waals surface area (Å²) in [4.78, 5) is 21.9. The summed E-state index contributed by atoms with van der Waals surface area (Å²) in [6, 6.07) is 15.2. The number of pyridine rings is 1. The highest BCUT2D eigenvalue weighted by molar-refractivity contribution is 7.92. The van der Waals surface area contributed by atoms with Crippen LogP contribution in [0.25, 0.3) is 22.0 Å². The fourth-order valence-electron chi connectivity index (χ4n) is 4.43. The molecule has 10 nitrogen and oxygen atoms in total. The van der Waals surface area contributed by atoms with Gasteiger partial charge in [0, 0.05) is 37.2 Å². The average Bonchev–Trinajstić information content (AvgIpc) is 2.91. The van der Waals surface area contributed by atoms with Gasteiger partial charge in [-0.2, -0.15) is 0 Å². The van der Waals surface area contributed by atoms with E-state index in [-0.39, 0.29) is 28.2 Å². The lowest BCUT2D eigenvalue weighted by Crippen LogP contribution is -2.30. The molecule has 1 aliphatic heterocycles. The summed E-state index contributed by atoms with van der Waals surface area (Å²) in [5, 5.41) is 0.390. The first-order chi connectivity index (χ1) is 17.9. The maximum atomic E-state index is 13.4. The van der Waals surface area contributed by atoms with Crippen LogP contribution in [0.1, 0.15) is 12.8 Å². The lowest BCUT2D eigenvalue weighted by atomic mass is 10.00. The summed E-state index contributed by atoms with van der Waals surface area (Å²) >= 11 is 0. The highest BCUT2D eigenvalue weighted by Crippen LogP contribution is 2.30. The quantitative estimate of drug-likeness (QED) is 0.378. The van der Waals surface area contributed by atoms with Crippen molar-refractivity contribution < 1.29 is 17.9 Å². The first kappa shape index (κ1) is 24.7. The van der Waals surface area contributed by atoms with Gasteiger partial charge in [0.05, 0.1) is 18.0 Å². The van der Waals surface area contributed by atoms with Gasteiger partial charge < -0.3 is 15.2 Å². The minimum Gasteiger partial charge on any atom is -0.480 e. The van der Waals surface area contributed by atoms with E-state index in [9.17, 15) is 13.2 Å². The molecule has 2 aromatic heterocycles.